The molecule has 0 spiro atoms. The van der Waals surface area contributed by atoms with Crippen molar-refractivity contribution in [2.45, 2.75) is 26.3 Å². The smallest absolute Gasteiger partial charge is 0.255 e. The molecule has 2 N–H and O–H groups in total. The lowest BCUT2D eigenvalue weighted by Gasteiger charge is -2.38. The summed E-state index contributed by atoms with van der Waals surface area (Å²) in [6, 6.07) is 5.96. The molecule has 1 aliphatic heterocycles. The van der Waals surface area contributed by atoms with Crippen molar-refractivity contribution in [3.63, 3.8) is 0 Å². The third-order valence-electron chi connectivity index (χ3n) is 4.04. The summed E-state index contributed by atoms with van der Waals surface area (Å²) in [6.45, 7) is 7.90. The Morgan fingerprint density at radius 1 is 1.35 bits per heavy atom. The molecule has 0 radical (unpaired) electrons. The van der Waals surface area contributed by atoms with Gasteiger partial charge in [0.25, 0.3) is 5.91 Å². The minimum atomic E-state index is 0.0629. The Hall–Kier alpha value is -1.07. The molecule has 0 aromatic heterocycles. The average Bonchev–Trinajstić information content (AvgIpc) is 2.48. The van der Waals surface area contributed by atoms with Crippen molar-refractivity contribution < 1.29 is 4.79 Å². The van der Waals surface area contributed by atoms with E-state index in [0.29, 0.717) is 17.3 Å². The van der Waals surface area contributed by atoms with E-state index in [1.165, 1.54) is 0 Å². The number of benzene rings is 1. The van der Waals surface area contributed by atoms with Gasteiger partial charge < -0.3 is 10.6 Å². The summed E-state index contributed by atoms with van der Waals surface area (Å²) in [5.41, 5.74) is 7.05. The minimum Gasteiger partial charge on any atom is -0.399 e. The Morgan fingerprint density at radius 2 is 2.00 bits per heavy atom. The molecule has 0 saturated carbocycles. The molecule has 0 bridgehead atoms. The van der Waals surface area contributed by atoms with Gasteiger partial charge in [-0.05, 0) is 47.5 Å². The predicted molar refractivity (Wildman–Crippen MR) is 85.8 cm³/mol. The topological polar surface area (TPSA) is 49.6 Å². The first-order chi connectivity index (χ1) is 9.52. The molecule has 5 heteroatoms. The summed E-state index contributed by atoms with van der Waals surface area (Å²) >= 11 is 3.43. The fourth-order valence-electron chi connectivity index (χ4n) is 2.50. The maximum absolute atomic E-state index is 12.5. The number of amides is 1. The third kappa shape index (κ3) is 3.33. The minimum absolute atomic E-state index is 0.0629. The first-order valence-corrected chi connectivity index (χ1v) is 7.90. The number of anilines is 1. The second-order valence-corrected chi connectivity index (χ2v) is 6.18. The number of nitrogens with two attached hydrogens (primary N) is 1. The normalized spacial score (nSPS) is 18.1. The van der Waals surface area contributed by atoms with Gasteiger partial charge in [-0.3, -0.25) is 9.69 Å². The second-order valence-electron chi connectivity index (χ2n) is 5.32. The predicted octanol–water partition coefficient (Wildman–Crippen LogP) is 2.59. The van der Waals surface area contributed by atoms with Crippen LogP contribution in [0.3, 0.4) is 0 Å². The summed E-state index contributed by atoms with van der Waals surface area (Å²) < 4.78 is 0.807. The summed E-state index contributed by atoms with van der Waals surface area (Å²) in [5, 5.41) is 0. The number of nitrogens with zero attached hydrogens (tertiary/aromatic N) is 2. The van der Waals surface area contributed by atoms with E-state index in [9.17, 15) is 4.79 Å². The highest BCUT2D eigenvalue weighted by atomic mass is 79.9. The maximum atomic E-state index is 12.5. The van der Waals surface area contributed by atoms with Crippen molar-refractivity contribution in [2.24, 2.45) is 0 Å². The zero-order valence-electron chi connectivity index (χ0n) is 12.1. The SMILES string of the molecule is CCC(C)N1CCN(C(=O)c2cc(N)ccc2Br)CC1. The lowest BCUT2D eigenvalue weighted by molar-refractivity contribution is 0.0579. The van der Waals surface area contributed by atoms with E-state index in [1.807, 2.05) is 11.0 Å². The number of carbonyl (C=O) groups is 1. The largest absolute Gasteiger partial charge is 0.399 e. The molecule has 1 aromatic rings. The molecule has 1 unspecified atom stereocenters. The molecule has 4 nitrogen and oxygen atoms in total. The van der Waals surface area contributed by atoms with Crippen LogP contribution in [-0.2, 0) is 0 Å². The molecule has 20 heavy (non-hydrogen) atoms. The number of hydrogen-bond acceptors (Lipinski definition) is 3. The number of hydrogen-bond donors (Lipinski definition) is 1. The van der Waals surface area contributed by atoms with Crippen molar-refractivity contribution in [2.75, 3.05) is 31.9 Å². The second kappa shape index (κ2) is 6.59. The molecular weight excluding hydrogens is 318 g/mol. The van der Waals surface area contributed by atoms with Gasteiger partial charge in [-0.1, -0.05) is 6.92 Å². The number of halogens is 1. The highest BCUT2D eigenvalue weighted by Crippen LogP contribution is 2.22. The number of piperazine rings is 1. The molecule has 1 aromatic carbocycles. The van der Waals surface area contributed by atoms with Gasteiger partial charge in [0.2, 0.25) is 0 Å². The first-order valence-electron chi connectivity index (χ1n) is 7.11. The van der Waals surface area contributed by atoms with Gasteiger partial charge in [0.1, 0.15) is 0 Å². The van der Waals surface area contributed by atoms with E-state index in [-0.39, 0.29) is 5.91 Å². The lowest BCUT2D eigenvalue weighted by Crippen LogP contribution is -2.51. The molecule has 1 aliphatic rings. The summed E-state index contributed by atoms with van der Waals surface area (Å²) in [5.74, 6) is 0.0629. The van der Waals surface area contributed by atoms with Crippen molar-refractivity contribution in [1.29, 1.82) is 0 Å². The summed E-state index contributed by atoms with van der Waals surface area (Å²) in [7, 11) is 0. The van der Waals surface area contributed by atoms with Crippen LogP contribution < -0.4 is 5.73 Å². The number of nitrogen functional groups attached to an aromatic ring is 1. The van der Waals surface area contributed by atoms with Crippen LogP contribution in [0, 0.1) is 0 Å². The monoisotopic (exact) mass is 339 g/mol. The Kier molecular flexibility index (Phi) is 5.05. The molecule has 1 saturated heterocycles. The van der Waals surface area contributed by atoms with E-state index < -0.39 is 0 Å². The molecule has 0 aliphatic carbocycles. The Bertz CT molecular complexity index is 484. The van der Waals surface area contributed by atoms with Crippen LogP contribution in [0.2, 0.25) is 0 Å². The third-order valence-corrected chi connectivity index (χ3v) is 4.73. The van der Waals surface area contributed by atoms with Crippen LogP contribution in [0.1, 0.15) is 30.6 Å². The first kappa shape index (κ1) is 15.3. The van der Waals surface area contributed by atoms with E-state index >= 15 is 0 Å². The van der Waals surface area contributed by atoms with Crippen LogP contribution in [0.25, 0.3) is 0 Å². The van der Waals surface area contributed by atoms with Crippen molar-refractivity contribution in [1.82, 2.24) is 9.80 Å². The average molecular weight is 340 g/mol. The molecule has 1 heterocycles. The van der Waals surface area contributed by atoms with Crippen molar-refractivity contribution >= 4 is 27.5 Å². The highest BCUT2D eigenvalue weighted by Gasteiger charge is 2.25. The fraction of sp³-hybridized carbons (Fsp3) is 0.533. The summed E-state index contributed by atoms with van der Waals surface area (Å²) in [4.78, 5) is 16.9. The van der Waals surface area contributed by atoms with Gasteiger partial charge in [-0.2, -0.15) is 0 Å². The maximum Gasteiger partial charge on any atom is 0.255 e. The van der Waals surface area contributed by atoms with Crippen molar-refractivity contribution in [3.8, 4) is 0 Å². The standard InChI is InChI=1S/C15H22BrN3O/c1-3-11(2)18-6-8-19(9-7-18)15(20)13-10-12(17)4-5-14(13)16/h4-5,10-11H,3,6-9,17H2,1-2H3. The molecule has 110 valence electrons. The van der Waals surface area contributed by atoms with E-state index in [1.54, 1.807) is 12.1 Å². The van der Waals surface area contributed by atoms with Crippen LogP contribution >= 0.6 is 15.9 Å². The molecular formula is C15H22BrN3O. The number of rotatable bonds is 3. The quantitative estimate of drug-likeness (QED) is 0.861. The van der Waals surface area contributed by atoms with E-state index in [4.69, 9.17) is 5.73 Å². The molecule has 2 rings (SSSR count). The van der Waals surface area contributed by atoms with E-state index in [0.717, 1.165) is 37.1 Å². The van der Waals surface area contributed by atoms with Gasteiger partial charge in [0.15, 0.2) is 0 Å². The zero-order valence-corrected chi connectivity index (χ0v) is 13.7. The zero-order chi connectivity index (χ0) is 14.7. The summed E-state index contributed by atoms with van der Waals surface area (Å²) in [6.07, 6.45) is 1.15. The molecule has 1 amide bonds. The van der Waals surface area contributed by atoms with E-state index in [2.05, 4.69) is 34.7 Å². The van der Waals surface area contributed by atoms with Gasteiger partial charge in [0.05, 0.1) is 5.56 Å². The van der Waals surface area contributed by atoms with Gasteiger partial charge in [-0.25, -0.2) is 0 Å². The van der Waals surface area contributed by atoms with Crippen molar-refractivity contribution in [3.05, 3.63) is 28.2 Å². The Morgan fingerprint density at radius 3 is 2.60 bits per heavy atom. The van der Waals surface area contributed by atoms with Crippen LogP contribution in [0.15, 0.2) is 22.7 Å². The van der Waals surface area contributed by atoms with Crippen LogP contribution in [0.5, 0.6) is 0 Å². The highest BCUT2D eigenvalue weighted by molar-refractivity contribution is 9.10. The lowest BCUT2D eigenvalue weighted by atomic mass is 10.1. The van der Waals surface area contributed by atoms with Crippen LogP contribution in [-0.4, -0.2) is 47.9 Å². The Balaban J connectivity index is 2.03. The molecule has 1 fully saturated rings. The van der Waals surface area contributed by atoms with Crippen LogP contribution in [0.4, 0.5) is 5.69 Å². The Labute approximate surface area is 129 Å². The number of carbonyl (C=O) groups excluding carboxylic acids is 1. The van der Waals surface area contributed by atoms with Gasteiger partial charge >= 0.3 is 0 Å². The van der Waals surface area contributed by atoms with Gasteiger partial charge in [0, 0.05) is 42.4 Å². The molecule has 1 atom stereocenters. The van der Waals surface area contributed by atoms with Gasteiger partial charge in [-0.15, -0.1) is 0 Å². The fourth-order valence-corrected chi connectivity index (χ4v) is 2.92.